The number of hydrogen-bond acceptors (Lipinski definition) is 3. The highest BCUT2D eigenvalue weighted by molar-refractivity contribution is 5.81. The summed E-state index contributed by atoms with van der Waals surface area (Å²) in [5.41, 5.74) is 4.79. The van der Waals surface area contributed by atoms with Gasteiger partial charge in [0.25, 0.3) is 0 Å². The third kappa shape index (κ3) is 2.28. The Hall–Kier alpha value is -3.28. The van der Waals surface area contributed by atoms with Crippen molar-refractivity contribution in [1.82, 2.24) is 18.7 Å². The molecular formula is C18H17N5O. The van der Waals surface area contributed by atoms with Crippen LogP contribution in [0.1, 0.15) is 0 Å². The second kappa shape index (κ2) is 5.42. The Labute approximate surface area is 138 Å². The summed E-state index contributed by atoms with van der Waals surface area (Å²) in [6.45, 7) is 0. The Kier molecular flexibility index (Phi) is 3.23. The van der Waals surface area contributed by atoms with Gasteiger partial charge in [0.1, 0.15) is 0 Å². The van der Waals surface area contributed by atoms with Crippen molar-refractivity contribution in [3.05, 3.63) is 71.7 Å². The van der Waals surface area contributed by atoms with Gasteiger partial charge in [0.05, 0.1) is 17.4 Å². The fourth-order valence-electron chi connectivity index (χ4n) is 2.88. The molecule has 6 heteroatoms. The lowest BCUT2D eigenvalue weighted by molar-refractivity contribution is 0.795. The molecule has 0 saturated carbocycles. The van der Waals surface area contributed by atoms with Gasteiger partial charge in [0.15, 0.2) is 0 Å². The van der Waals surface area contributed by atoms with Crippen molar-refractivity contribution in [2.24, 2.45) is 14.1 Å². The van der Waals surface area contributed by atoms with E-state index in [2.05, 4.69) is 10.3 Å². The highest BCUT2D eigenvalue weighted by Gasteiger charge is 2.08. The van der Waals surface area contributed by atoms with Gasteiger partial charge >= 0.3 is 5.69 Å². The minimum Gasteiger partial charge on any atom is -0.355 e. The van der Waals surface area contributed by atoms with Crippen molar-refractivity contribution >= 4 is 22.4 Å². The Bertz CT molecular complexity index is 1060. The van der Waals surface area contributed by atoms with Crippen LogP contribution >= 0.6 is 0 Å². The molecule has 0 bridgehead atoms. The first-order chi connectivity index (χ1) is 11.6. The molecule has 0 fully saturated rings. The summed E-state index contributed by atoms with van der Waals surface area (Å²) in [5, 5.41) is 3.37. The van der Waals surface area contributed by atoms with Crippen molar-refractivity contribution in [1.29, 1.82) is 0 Å². The third-order valence-corrected chi connectivity index (χ3v) is 4.23. The van der Waals surface area contributed by atoms with Crippen LogP contribution in [0.3, 0.4) is 0 Å². The minimum atomic E-state index is -0.0214. The van der Waals surface area contributed by atoms with Gasteiger partial charge in [-0.1, -0.05) is 0 Å². The molecule has 0 unspecified atom stereocenters. The summed E-state index contributed by atoms with van der Waals surface area (Å²) >= 11 is 0. The monoisotopic (exact) mass is 319 g/mol. The molecule has 0 aliphatic rings. The van der Waals surface area contributed by atoms with E-state index in [1.165, 1.54) is 0 Å². The van der Waals surface area contributed by atoms with Gasteiger partial charge in [-0.15, -0.1) is 0 Å². The number of nitrogens with zero attached hydrogens (tertiary/aromatic N) is 4. The number of aryl methyl sites for hydroxylation is 2. The van der Waals surface area contributed by atoms with E-state index in [9.17, 15) is 4.79 Å². The normalized spacial score (nSPS) is 11.1. The predicted molar refractivity (Wildman–Crippen MR) is 95.0 cm³/mol. The number of nitrogens with one attached hydrogen (secondary N) is 1. The number of aromatic nitrogens is 4. The van der Waals surface area contributed by atoms with E-state index in [-0.39, 0.29) is 5.69 Å². The zero-order valence-electron chi connectivity index (χ0n) is 13.5. The number of imidazole rings is 2. The smallest absolute Gasteiger partial charge is 0.328 e. The SMILES string of the molecule is Cn1c(=O)n(C)c2cc(Nc3ccc(-n4ccnc4)cc3)ccc21. The van der Waals surface area contributed by atoms with Crippen molar-refractivity contribution in [2.45, 2.75) is 0 Å². The topological polar surface area (TPSA) is 56.8 Å². The molecule has 6 nitrogen and oxygen atoms in total. The van der Waals surface area contributed by atoms with E-state index in [1.54, 1.807) is 35.8 Å². The van der Waals surface area contributed by atoms with Gasteiger partial charge in [-0.25, -0.2) is 9.78 Å². The molecule has 2 aromatic carbocycles. The molecular weight excluding hydrogens is 302 g/mol. The fourth-order valence-corrected chi connectivity index (χ4v) is 2.88. The Morgan fingerprint density at radius 2 is 1.62 bits per heavy atom. The van der Waals surface area contributed by atoms with Crippen LogP contribution in [-0.2, 0) is 14.1 Å². The molecule has 120 valence electrons. The van der Waals surface area contributed by atoms with Crippen LogP contribution in [0.2, 0.25) is 0 Å². The molecule has 0 atom stereocenters. The molecule has 4 rings (SSSR count). The van der Waals surface area contributed by atoms with Gasteiger partial charge in [0, 0.05) is 43.6 Å². The molecule has 1 N–H and O–H groups in total. The minimum absolute atomic E-state index is 0.0214. The van der Waals surface area contributed by atoms with Crippen LogP contribution in [0.4, 0.5) is 11.4 Å². The van der Waals surface area contributed by atoms with E-state index >= 15 is 0 Å². The van der Waals surface area contributed by atoms with E-state index in [1.807, 2.05) is 53.2 Å². The quantitative estimate of drug-likeness (QED) is 0.632. The van der Waals surface area contributed by atoms with Crippen LogP contribution in [0, 0.1) is 0 Å². The predicted octanol–water partition coefficient (Wildman–Crippen LogP) is 2.81. The van der Waals surface area contributed by atoms with Crippen molar-refractivity contribution in [3.8, 4) is 5.69 Å². The summed E-state index contributed by atoms with van der Waals surface area (Å²) < 4.78 is 5.26. The van der Waals surface area contributed by atoms with Gasteiger partial charge in [-0.3, -0.25) is 9.13 Å². The first-order valence-electron chi connectivity index (χ1n) is 7.64. The van der Waals surface area contributed by atoms with Gasteiger partial charge in [-0.05, 0) is 42.5 Å². The second-order valence-corrected chi connectivity index (χ2v) is 5.75. The Morgan fingerprint density at radius 3 is 2.33 bits per heavy atom. The zero-order valence-corrected chi connectivity index (χ0v) is 13.5. The summed E-state index contributed by atoms with van der Waals surface area (Å²) in [6, 6.07) is 14.0. The average Bonchev–Trinajstić information content (AvgIpc) is 3.21. The van der Waals surface area contributed by atoms with Gasteiger partial charge in [-0.2, -0.15) is 0 Å². The average molecular weight is 319 g/mol. The Balaban J connectivity index is 1.64. The summed E-state index contributed by atoms with van der Waals surface area (Å²) in [6.07, 6.45) is 5.43. The van der Waals surface area contributed by atoms with E-state index in [0.717, 1.165) is 28.1 Å². The number of fused-ring (bicyclic) bond motifs is 1. The first kappa shape index (κ1) is 14.3. The summed E-state index contributed by atoms with van der Waals surface area (Å²) in [7, 11) is 3.57. The van der Waals surface area contributed by atoms with E-state index < -0.39 is 0 Å². The second-order valence-electron chi connectivity index (χ2n) is 5.75. The number of hydrogen-bond donors (Lipinski definition) is 1. The number of anilines is 2. The van der Waals surface area contributed by atoms with Gasteiger partial charge in [0.2, 0.25) is 0 Å². The highest BCUT2D eigenvalue weighted by atomic mass is 16.1. The molecule has 24 heavy (non-hydrogen) atoms. The van der Waals surface area contributed by atoms with Crippen LogP contribution in [0.15, 0.2) is 66.0 Å². The molecule has 0 aliphatic carbocycles. The highest BCUT2D eigenvalue weighted by Crippen LogP contribution is 2.22. The lowest BCUT2D eigenvalue weighted by atomic mass is 10.2. The number of benzene rings is 2. The summed E-state index contributed by atoms with van der Waals surface area (Å²) in [5.74, 6) is 0. The molecule has 0 aliphatic heterocycles. The van der Waals surface area contributed by atoms with Crippen molar-refractivity contribution in [2.75, 3.05) is 5.32 Å². The van der Waals surface area contributed by atoms with Crippen LogP contribution in [0.25, 0.3) is 16.7 Å². The number of rotatable bonds is 3. The molecule has 2 heterocycles. The first-order valence-corrected chi connectivity index (χ1v) is 7.64. The van der Waals surface area contributed by atoms with Crippen LogP contribution in [0.5, 0.6) is 0 Å². The molecule has 0 spiro atoms. The van der Waals surface area contributed by atoms with Crippen LogP contribution < -0.4 is 11.0 Å². The lowest BCUT2D eigenvalue weighted by Crippen LogP contribution is -2.19. The molecule has 2 aromatic heterocycles. The molecule has 0 saturated heterocycles. The lowest BCUT2D eigenvalue weighted by Gasteiger charge is -2.08. The largest absolute Gasteiger partial charge is 0.355 e. The summed E-state index contributed by atoms with van der Waals surface area (Å²) in [4.78, 5) is 16.1. The Morgan fingerprint density at radius 1 is 0.917 bits per heavy atom. The molecule has 0 radical (unpaired) electrons. The van der Waals surface area contributed by atoms with Crippen LogP contribution in [-0.4, -0.2) is 18.7 Å². The van der Waals surface area contributed by atoms with Crippen molar-refractivity contribution < 1.29 is 0 Å². The molecule has 4 aromatic rings. The standard InChI is InChI=1S/C18H17N5O/c1-21-16-8-5-14(11-17(16)22(2)18(21)24)20-13-3-6-15(7-4-13)23-10-9-19-12-23/h3-12,20H,1-2H3. The zero-order chi connectivity index (χ0) is 16.7. The third-order valence-electron chi connectivity index (χ3n) is 4.23. The fraction of sp³-hybridized carbons (Fsp3) is 0.111. The maximum atomic E-state index is 12.0. The maximum Gasteiger partial charge on any atom is 0.328 e. The molecule has 0 amide bonds. The van der Waals surface area contributed by atoms with E-state index in [0.29, 0.717) is 0 Å². The maximum absolute atomic E-state index is 12.0. The van der Waals surface area contributed by atoms with Crippen molar-refractivity contribution in [3.63, 3.8) is 0 Å². The van der Waals surface area contributed by atoms with Gasteiger partial charge < -0.3 is 9.88 Å². The van der Waals surface area contributed by atoms with E-state index in [4.69, 9.17) is 0 Å².